The molecule has 5 heteroatoms. The highest BCUT2D eigenvalue weighted by atomic mass is 16.2. The Morgan fingerprint density at radius 2 is 2.09 bits per heavy atom. The summed E-state index contributed by atoms with van der Waals surface area (Å²) in [6.45, 7) is 0.807. The van der Waals surface area contributed by atoms with Crippen LogP contribution in [0.1, 0.15) is 30.3 Å². The number of aromatic nitrogens is 3. The van der Waals surface area contributed by atoms with E-state index in [2.05, 4.69) is 20.4 Å². The molecule has 0 aliphatic carbocycles. The summed E-state index contributed by atoms with van der Waals surface area (Å²) in [5.74, 6) is 0.142. The van der Waals surface area contributed by atoms with Gasteiger partial charge in [0.15, 0.2) is 0 Å². The largest absolute Gasteiger partial charge is 0.334 e. The lowest BCUT2D eigenvalue weighted by atomic mass is 10.1. The number of carbonyl (C=O) groups excluding carboxylic acids is 1. The molecule has 4 heterocycles. The minimum Gasteiger partial charge on any atom is -0.334 e. The summed E-state index contributed by atoms with van der Waals surface area (Å²) in [6.07, 6.45) is 7.88. The first-order valence-electron chi connectivity index (χ1n) is 7.94. The van der Waals surface area contributed by atoms with Crippen molar-refractivity contribution in [2.24, 2.45) is 0 Å². The van der Waals surface area contributed by atoms with Gasteiger partial charge >= 0.3 is 0 Å². The molecule has 0 saturated carbocycles. The second kappa shape index (κ2) is 5.83. The molecule has 3 aromatic heterocycles. The lowest BCUT2D eigenvalue weighted by Crippen LogP contribution is -2.32. The fourth-order valence-corrected chi connectivity index (χ4v) is 3.37. The molecule has 1 saturated heterocycles. The Labute approximate surface area is 134 Å². The van der Waals surface area contributed by atoms with Crippen LogP contribution in [0, 0.1) is 0 Å². The van der Waals surface area contributed by atoms with Crippen molar-refractivity contribution in [2.45, 2.75) is 25.3 Å². The average molecular weight is 306 g/mol. The van der Waals surface area contributed by atoms with Crippen LogP contribution in [0.2, 0.25) is 0 Å². The SMILES string of the molecule is O=C(Cc1ccccn1)N1CCCC1c1cccc2nccn12. The van der Waals surface area contributed by atoms with Crippen molar-refractivity contribution in [3.63, 3.8) is 0 Å². The van der Waals surface area contributed by atoms with E-state index in [0.717, 1.165) is 36.4 Å². The molecule has 0 spiro atoms. The van der Waals surface area contributed by atoms with E-state index in [4.69, 9.17) is 0 Å². The van der Waals surface area contributed by atoms with E-state index < -0.39 is 0 Å². The van der Waals surface area contributed by atoms with Gasteiger partial charge in [0.1, 0.15) is 5.65 Å². The highest BCUT2D eigenvalue weighted by Gasteiger charge is 2.31. The molecule has 4 rings (SSSR count). The Morgan fingerprint density at radius 3 is 2.96 bits per heavy atom. The van der Waals surface area contributed by atoms with Gasteiger partial charge in [-0.2, -0.15) is 0 Å². The van der Waals surface area contributed by atoms with Crippen LogP contribution >= 0.6 is 0 Å². The Kier molecular flexibility index (Phi) is 3.54. The number of amides is 1. The van der Waals surface area contributed by atoms with Gasteiger partial charge in [0.25, 0.3) is 0 Å². The topological polar surface area (TPSA) is 50.5 Å². The second-order valence-electron chi connectivity index (χ2n) is 5.85. The molecule has 1 unspecified atom stereocenters. The van der Waals surface area contributed by atoms with Gasteiger partial charge in [0, 0.05) is 36.5 Å². The predicted octanol–water partition coefficient (Wildman–Crippen LogP) is 2.64. The van der Waals surface area contributed by atoms with Crippen molar-refractivity contribution >= 4 is 11.6 Å². The third-order valence-corrected chi connectivity index (χ3v) is 4.43. The molecular formula is C18H18N4O. The first kappa shape index (κ1) is 13.9. The Hall–Kier alpha value is -2.69. The average Bonchev–Trinajstić information content (AvgIpc) is 3.24. The maximum absolute atomic E-state index is 12.7. The van der Waals surface area contributed by atoms with E-state index in [1.54, 1.807) is 12.4 Å². The van der Waals surface area contributed by atoms with E-state index in [1.165, 1.54) is 0 Å². The maximum Gasteiger partial charge on any atom is 0.229 e. The van der Waals surface area contributed by atoms with E-state index in [9.17, 15) is 4.79 Å². The third kappa shape index (κ3) is 2.59. The number of nitrogens with zero attached hydrogens (tertiary/aromatic N) is 4. The van der Waals surface area contributed by atoms with Crippen LogP contribution in [0.15, 0.2) is 55.0 Å². The molecule has 0 N–H and O–H groups in total. The van der Waals surface area contributed by atoms with Crippen LogP contribution in [-0.2, 0) is 11.2 Å². The monoisotopic (exact) mass is 306 g/mol. The first-order chi connectivity index (χ1) is 11.3. The van der Waals surface area contributed by atoms with Crippen molar-refractivity contribution in [1.82, 2.24) is 19.3 Å². The van der Waals surface area contributed by atoms with Gasteiger partial charge in [0.05, 0.1) is 12.5 Å². The third-order valence-electron chi connectivity index (χ3n) is 4.43. The molecule has 23 heavy (non-hydrogen) atoms. The Bertz CT molecular complexity index is 827. The van der Waals surface area contributed by atoms with E-state index in [-0.39, 0.29) is 11.9 Å². The summed E-state index contributed by atoms with van der Waals surface area (Å²) in [5.41, 5.74) is 2.88. The van der Waals surface area contributed by atoms with Crippen molar-refractivity contribution in [3.05, 3.63) is 66.4 Å². The van der Waals surface area contributed by atoms with Gasteiger partial charge in [-0.25, -0.2) is 4.98 Å². The normalized spacial score (nSPS) is 17.7. The summed E-state index contributed by atoms with van der Waals surface area (Å²) >= 11 is 0. The summed E-state index contributed by atoms with van der Waals surface area (Å²) in [5, 5.41) is 0. The highest BCUT2D eigenvalue weighted by Crippen LogP contribution is 2.32. The minimum absolute atomic E-state index is 0.115. The fourth-order valence-electron chi connectivity index (χ4n) is 3.37. The summed E-state index contributed by atoms with van der Waals surface area (Å²) < 4.78 is 2.08. The van der Waals surface area contributed by atoms with Crippen molar-refractivity contribution in [2.75, 3.05) is 6.54 Å². The zero-order chi connectivity index (χ0) is 15.6. The van der Waals surface area contributed by atoms with Crippen LogP contribution in [0.25, 0.3) is 5.65 Å². The second-order valence-corrected chi connectivity index (χ2v) is 5.85. The van der Waals surface area contributed by atoms with Crippen LogP contribution in [-0.4, -0.2) is 31.7 Å². The van der Waals surface area contributed by atoms with Crippen LogP contribution in [0.4, 0.5) is 0 Å². The number of rotatable bonds is 3. The molecule has 0 radical (unpaired) electrons. The van der Waals surface area contributed by atoms with Gasteiger partial charge in [-0.3, -0.25) is 9.78 Å². The molecule has 1 aliphatic rings. The molecule has 3 aromatic rings. The number of carbonyl (C=O) groups is 1. The smallest absolute Gasteiger partial charge is 0.229 e. The highest BCUT2D eigenvalue weighted by molar-refractivity contribution is 5.79. The molecule has 116 valence electrons. The molecule has 0 bridgehead atoms. The zero-order valence-corrected chi connectivity index (χ0v) is 12.8. The van der Waals surface area contributed by atoms with Gasteiger partial charge in [0.2, 0.25) is 5.91 Å². The summed E-state index contributed by atoms with van der Waals surface area (Å²) in [4.78, 5) is 23.3. The number of pyridine rings is 2. The number of likely N-dealkylation sites (tertiary alicyclic amines) is 1. The molecule has 1 fully saturated rings. The molecule has 1 aliphatic heterocycles. The number of hydrogen-bond donors (Lipinski definition) is 0. The Morgan fingerprint density at radius 1 is 1.13 bits per heavy atom. The van der Waals surface area contributed by atoms with Crippen LogP contribution in [0.3, 0.4) is 0 Å². The van der Waals surface area contributed by atoms with E-state index in [1.807, 2.05) is 41.4 Å². The van der Waals surface area contributed by atoms with Crippen molar-refractivity contribution < 1.29 is 4.79 Å². The maximum atomic E-state index is 12.7. The zero-order valence-electron chi connectivity index (χ0n) is 12.8. The number of fused-ring (bicyclic) bond motifs is 1. The quantitative estimate of drug-likeness (QED) is 0.747. The standard InChI is InChI=1S/C18H18N4O/c23-18(13-14-5-1-2-9-19-14)22-11-4-7-16(22)15-6-3-8-17-20-10-12-21(15)17/h1-3,5-6,8-10,12,16H,4,7,11,13H2. The van der Waals surface area contributed by atoms with Crippen LogP contribution < -0.4 is 0 Å². The van der Waals surface area contributed by atoms with Gasteiger partial charge in [-0.1, -0.05) is 12.1 Å². The minimum atomic E-state index is 0.115. The summed E-state index contributed by atoms with van der Waals surface area (Å²) in [7, 11) is 0. The van der Waals surface area contributed by atoms with Crippen molar-refractivity contribution in [3.8, 4) is 0 Å². The molecule has 1 atom stereocenters. The summed E-state index contributed by atoms with van der Waals surface area (Å²) in [6, 6.07) is 11.9. The van der Waals surface area contributed by atoms with Gasteiger partial charge < -0.3 is 9.30 Å². The predicted molar refractivity (Wildman–Crippen MR) is 86.8 cm³/mol. The van der Waals surface area contributed by atoms with Crippen molar-refractivity contribution in [1.29, 1.82) is 0 Å². The van der Waals surface area contributed by atoms with E-state index in [0.29, 0.717) is 6.42 Å². The lowest BCUT2D eigenvalue weighted by molar-refractivity contribution is -0.131. The lowest BCUT2D eigenvalue weighted by Gasteiger charge is -2.25. The van der Waals surface area contributed by atoms with E-state index >= 15 is 0 Å². The first-order valence-corrected chi connectivity index (χ1v) is 7.94. The molecule has 1 amide bonds. The van der Waals surface area contributed by atoms with Crippen LogP contribution in [0.5, 0.6) is 0 Å². The van der Waals surface area contributed by atoms with Gasteiger partial charge in [-0.15, -0.1) is 0 Å². The molecule has 0 aromatic carbocycles. The fraction of sp³-hybridized carbons (Fsp3) is 0.278. The number of hydrogen-bond acceptors (Lipinski definition) is 3. The number of imidazole rings is 1. The molecule has 5 nitrogen and oxygen atoms in total. The molecular weight excluding hydrogens is 288 g/mol. The Balaban J connectivity index is 1.61. The van der Waals surface area contributed by atoms with Gasteiger partial charge in [-0.05, 0) is 37.1 Å².